The lowest BCUT2D eigenvalue weighted by molar-refractivity contribution is -0.131. The molecular weight excluding hydrogens is 478 g/mol. The van der Waals surface area contributed by atoms with E-state index in [2.05, 4.69) is 29.6 Å². The Morgan fingerprint density at radius 2 is 2.00 bits per heavy atom. The summed E-state index contributed by atoms with van der Waals surface area (Å²) < 4.78 is 11.5. The summed E-state index contributed by atoms with van der Waals surface area (Å²) in [5.74, 6) is 1.98. The zero-order valence-corrected chi connectivity index (χ0v) is 23.2. The van der Waals surface area contributed by atoms with E-state index in [9.17, 15) is 14.7 Å². The summed E-state index contributed by atoms with van der Waals surface area (Å²) in [5.41, 5.74) is -1.33. The molecule has 2 bridgehead atoms. The van der Waals surface area contributed by atoms with Crippen LogP contribution >= 0.6 is 11.8 Å². The third kappa shape index (κ3) is 6.77. The van der Waals surface area contributed by atoms with Crippen molar-refractivity contribution in [2.45, 2.75) is 109 Å². The van der Waals surface area contributed by atoms with Gasteiger partial charge >= 0.3 is 0 Å². The van der Waals surface area contributed by atoms with Crippen molar-refractivity contribution in [1.82, 2.24) is 15.8 Å². The van der Waals surface area contributed by atoms with Gasteiger partial charge in [-0.15, -0.1) is 11.8 Å². The molecule has 1 aromatic rings. The van der Waals surface area contributed by atoms with Gasteiger partial charge < -0.3 is 25.0 Å². The van der Waals surface area contributed by atoms with Crippen LogP contribution in [0.1, 0.15) is 96.5 Å². The van der Waals surface area contributed by atoms with Crippen molar-refractivity contribution in [1.29, 1.82) is 0 Å². The number of hydrogen-bond acceptors (Lipinski definition) is 7. The highest BCUT2D eigenvalue weighted by Gasteiger charge is 2.43. The maximum Gasteiger partial charge on any atom is 0.291 e. The molecule has 0 spiro atoms. The van der Waals surface area contributed by atoms with E-state index in [0.717, 1.165) is 57.1 Å². The van der Waals surface area contributed by atoms with Gasteiger partial charge in [0.2, 0.25) is 11.7 Å². The molecule has 0 radical (unpaired) electrons. The number of ether oxygens (including phenoxy) is 1. The second-order valence-electron chi connectivity index (χ2n) is 12.4. The van der Waals surface area contributed by atoms with E-state index in [4.69, 9.17) is 9.26 Å². The fraction of sp³-hybridized carbons (Fsp3) is 0.815. The normalized spacial score (nSPS) is 27.0. The summed E-state index contributed by atoms with van der Waals surface area (Å²) in [6.45, 7) is 10.1. The highest BCUT2D eigenvalue weighted by atomic mass is 32.2. The van der Waals surface area contributed by atoms with Crippen molar-refractivity contribution in [3.8, 4) is 5.88 Å². The van der Waals surface area contributed by atoms with Gasteiger partial charge in [0.1, 0.15) is 11.5 Å². The van der Waals surface area contributed by atoms with Crippen molar-refractivity contribution < 1.29 is 24.0 Å². The molecule has 9 heteroatoms. The highest BCUT2D eigenvalue weighted by molar-refractivity contribution is 7.99. The predicted molar refractivity (Wildman–Crippen MR) is 139 cm³/mol. The smallest absolute Gasteiger partial charge is 0.291 e. The van der Waals surface area contributed by atoms with Crippen LogP contribution in [0.5, 0.6) is 5.88 Å². The van der Waals surface area contributed by atoms with Gasteiger partial charge in [0.05, 0.1) is 11.0 Å². The van der Waals surface area contributed by atoms with Crippen LogP contribution in [0.15, 0.2) is 9.42 Å². The molecule has 3 fully saturated rings. The molecule has 3 unspecified atom stereocenters. The molecule has 3 aliphatic carbocycles. The summed E-state index contributed by atoms with van der Waals surface area (Å²) in [7, 11) is 0. The van der Waals surface area contributed by atoms with Crippen molar-refractivity contribution >= 4 is 23.6 Å². The molecule has 3 aliphatic rings. The molecule has 8 nitrogen and oxygen atoms in total. The first kappa shape index (κ1) is 27.3. The Kier molecular flexibility index (Phi) is 8.29. The van der Waals surface area contributed by atoms with Crippen molar-refractivity contribution in [3.05, 3.63) is 5.76 Å². The number of thioether (sulfide) groups is 1. The number of hydrogen-bond donors (Lipinski definition) is 3. The number of nitrogens with zero attached hydrogens (tertiary/aromatic N) is 1. The zero-order chi connectivity index (χ0) is 26.1. The lowest BCUT2D eigenvalue weighted by Crippen LogP contribution is -2.48. The number of amides is 2. The van der Waals surface area contributed by atoms with Crippen LogP contribution in [0.2, 0.25) is 0 Å². The summed E-state index contributed by atoms with van der Waals surface area (Å²) in [6, 6.07) is 0.190. The number of carbonyl (C=O) groups excluding carboxylic acids is 2. The maximum atomic E-state index is 13.3. The van der Waals surface area contributed by atoms with E-state index in [-0.39, 0.29) is 48.1 Å². The Bertz CT molecular complexity index is 944. The molecule has 1 aromatic heterocycles. The van der Waals surface area contributed by atoms with E-state index in [1.165, 1.54) is 11.8 Å². The first-order valence-corrected chi connectivity index (χ1v) is 14.5. The monoisotopic (exact) mass is 521 g/mol. The fourth-order valence-electron chi connectivity index (χ4n) is 5.42. The van der Waals surface area contributed by atoms with Crippen LogP contribution in [-0.2, 0) is 4.79 Å². The van der Waals surface area contributed by atoms with E-state index in [1.54, 1.807) is 0 Å². The van der Waals surface area contributed by atoms with Gasteiger partial charge in [0.15, 0.2) is 0 Å². The quantitative estimate of drug-likeness (QED) is 0.366. The minimum absolute atomic E-state index is 0.0458. The Balaban J connectivity index is 1.42. The van der Waals surface area contributed by atoms with Gasteiger partial charge in [-0.3, -0.25) is 9.59 Å². The van der Waals surface area contributed by atoms with E-state index in [0.29, 0.717) is 16.7 Å². The Morgan fingerprint density at radius 3 is 2.67 bits per heavy atom. The van der Waals surface area contributed by atoms with Crippen LogP contribution in [-0.4, -0.2) is 52.1 Å². The van der Waals surface area contributed by atoms with Crippen LogP contribution in [0, 0.1) is 23.2 Å². The van der Waals surface area contributed by atoms with Crippen LogP contribution in [0.25, 0.3) is 0 Å². The van der Waals surface area contributed by atoms with Gasteiger partial charge in [-0.1, -0.05) is 26.7 Å². The molecule has 0 aromatic carbocycles. The molecule has 36 heavy (non-hydrogen) atoms. The second-order valence-corrected chi connectivity index (χ2v) is 13.5. The summed E-state index contributed by atoms with van der Waals surface area (Å²) in [6.07, 6.45) is 7.80. The molecule has 4 atom stereocenters. The predicted octanol–water partition coefficient (Wildman–Crippen LogP) is 4.56. The number of aliphatic hydroxyl groups is 1. The molecule has 3 saturated carbocycles. The van der Waals surface area contributed by atoms with Gasteiger partial charge in [0, 0.05) is 17.8 Å². The second kappa shape index (κ2) is 10.9. The molecule has 0 aliphatic heterocycles. The first-order chi connectivity index (χ1) is 17.0. The highest BCUT2D eigenvalue weighted by Crippen LogP contribution is 2.46. The number of carbonyl (C=O) groups is 2. The molecule has 0 saturated heterocycles. The lowest BCUT2D eigenvalue weighted by atomic mass is 9.64. The molecule has 3 N–H and O–H groups in total. The van der Waals surface area contributed by atoms with E-state index >= 15 is 0 Å². The number of fused-ring (bicyclic) bond motifs is 2. The minimum atomic E-state index is -0.738. The Labute approximate surface area is 219 Å². The van der Waals surface area contributed by atoms with Crippen molar-refractivity contribution in [2.75, 3.05) is 12.4 Å². The van der Waals surface area contributed by atoms with E-state index in [1.807, 2.05) is 20.8 Å². The van der Waals surface area contributed by atoms with Crippen molar-refractivity contribution in [2.24, 2.45) is 23.2 Å². The largest absolute Gasteiger partial charge is 0.474 e. The van der Waals surface area contributed by atoms with Crippen LogP contribution in [0.3, 0.4) is 0 Å². The Morgan fingerprint density at radius 1 is 1.25 bits per heavy atom. The van der Waals surface area contributed by atoms with Crippen LogP contribution < -0.4 is 15.4 Å². The van der Waals surface area contributed by atoms with Crippen LogP contribution in [0.4, 0.5) is 0 Å². The molecular formula is C27H43N3O5S. The molecule has 202 valence electrons. The van der Waals surface area contributed by atoms with Gasteiger partial charge in [-0.05, 0) is 82.2 Å². The van der Waals surface area contributed by atoms with Gasteiger partial charge in [-0.25, -0.2) is 0 Å². The Hall–Kier alpha value is -1.74. The SMILES string of the molecule is CC(C)CSc1c(OCC(C)(C)C(=O)NC2CC2)noc1C(=O)NC(C)C1CC2CCC[C@@](O)(C2)C1. The summed E-state index contributed by atoms with van der Waals surface area (Å²) in [5, 5.41) is 21.2. The lowest BCUT2D eigenvalue weighted by Gasteiger charge is -2.46. The summed E-state index contributed by atoms with van der Waals surface area (Å²) in [4.78, 5) is 26.5. The third-order valence-corrected chi connectivity index (χ3v) is 9.23. The number of rotatable bonds is 11. The standard InChI is InChI=1S/C27H43N3O5S/c1-16(2)14-36-22-21(35-30-24(22)34-15-26(4,5)25(32)29-20-8-9-20)23(31)28-17(3)19-11-18-7-6-10-27(33,12-18)13-19/h16-20,33H,6-15H2,1-5H3,(H,28,31)(H,29,32)/t17?,18?,19?,27-/m1/s1. The van der Waals surface area contributed by atoms with Gasteiger partial charge in [-0.2, -0.15) is 0 Å². The van der Waals surface area contributed by atoms with E-state index < -0.39 is 11.0 Å². The average molecular weight is 522 g/mol. The molecule has 4 rings (SSSR count). The summed E-state index contributed by atoms with van der Waals surface area (Å²) >= 11 is 1.49. The maximum absolute atomic E-state index is 13.3. The minimum Gasteiger partial charge on any atom is -0.474 e. The molecule has 2 amide bonds. The third-order valence-electron chi connectivity index (χ3n) is 7.75. The fourth-order valence-corrected chi connectivity index (χ4v) is 6.40. The first-order valence-electron chi connectivity index (χ1n) is 13.6. The number of aromatic nitrogens is 1. The topological polar surface area (TPSA) is 114 Å². The molecule has 1 heterocycles. The zero-order valence-electron chi connectivity index (χ0n) is 22.4. The average Bonchev–Trinajstić information content (AvgIpc) is 3.51. The number of nitrogens with one attached hydrogen (secondary N) is 2. The van der Waals surface area contributed by atoms with Gasteiger partial charge in [0.25, 0.3) is 11.8 Å². The van der Waals surface area contributed by atoms with Crippen molar-refractivity contribution in [3.63, 3.8) is 0 Å².